The second-order valence-electron chi connectivity index (χ2n) is 6.25. The summed E-state index contributed by atoms with van der Waals surface area (Å²) in [7, 11) is 0. The van der Waals surface area contributed by atoms with Gasteiger partial charge in [0.1, 0.15) is 0 Å². The topological polar surface area (TPSA) is 77.1 Å². The fourth-order valence-corrected chi connectivity index (χ4v) is 3.17. The fraction of sp³-hybridized carbons (Fsp3) is 0.158. The minimum Gasteiger partial charge on any atom is -0.321 e. The van der Waals surface area contributed by atoms with E-state index >= 15 is 0 Å². The van der Waals surface area contributed by atoms with Gasteiger partial charge in [0.25, 0.3) is 5.91 Å². The third-order valence-corrected chi connectivity index (χ3v) is 5.43. The Morgan fingerprint density at radius 3 is 2.78 bits per heavy atom. The maximum absolute atomic E-state index is 12.5. The highest BCUT2D eigenvalue weighted by atomic mass is 79.9. The molecule has 0 atom stereocenters. The largest absolute Gasteiger partial charge is 0.321 e. The summed E-state index contributed by atoms with van der Waals surface area (Å²) in [6, 6.07) is 11.1. The van der Waals surface area contributed by atoms with Crippen molar-refractivity contribution in [1.82, 2.24) is 24.4 Å². The van der Waals surface area contributed by atoms with Gasteiger partial charge in [-0.3, -0.25) is 9.48 Å². The van der Waals surface area contributed by atoms with Crippen molar-refractivity contribution in [1.29, 1.82) is 0 Å². The van der Waals surface area contributed by atoms with Crippen LogP contribution in [-0.4, -0.2) is 30.3 Å². The number of hydrogen-bond acceptors (Lipinski definition) is 4. The quantitative estimate of drug-likeness (QED) is 0.542. The molecule has 0 aliphatic heterocycles. The van der Waals surface area contributed by atoms with E-state index in [0.29, 0.717) is 23.6 Å². The molecule has 0 fully saturated rings. The molecule has 0 aliphatic rings. The molecule has 27 heavy (non-hydrogen) atoms. The maximum atomic E-state index is 12.5. The van der Waals surface area contributed by atoms with Crippen LogP contribution in [0.4, 0.5) is 5.69 Å². The number of benzene rings is 1. The molecular formula is C19H17BrN6O. The first-order valence-electron chi connectivity index (χ1n) is 8.41. The molecule has 1 aromatic carbocycles. The van der Waals surface area contributed by atoms with E-state index in [1.807, 2.05) is 42.8 Å². The predicted octanol–water partition coefficient (Wildman–Crippen LogP) is 3.61. The molecule has 1 amide bonds. The fourth-order valence-electron chi connectivity index (χ4n) is 2.89. The number of rotatable bonds is 4. The van der Waals surface area contributed by atoms with Crippen molar-refractivity contribution in [3.8, 4) is 0 Å². The molecule has 3 aromatic heterocycles. The number of fused-ring (bicyclic) bond motifs is 1. The first-order chi connectivity index (χ1) is 13.0. The molecule has 4 aromatic rings. The standard InChI is InChI=1S/C19H17BrN6O/c1-12-18(20)13(2)26(23-12)11-14-5-3-6-15(9-14)22-19(27)16-10-17-21-7-4-8-25(17)24-16/h3-10H,11H2,1-2H3,(H,22,27). The molecule has 3 heterocycles. The summed E-state index contributed by atoms with van der Waals surface area (Å²) >= 11 is 3.55. The van der Waals surface area contributed by atoms with Gasteiger partial charge in [0.2, 0.25) is 0 Å². The lowest BCUT2D eigenvalue weighted by Crippen LogP contribution is -2.13. The van der Waals surface area contributed by atoms with Crippen LogP contribution in [-0.2, 0) is 6.54 Å². The van der Waals surface area contributed by atoms with Crippen LogP contribution in [0.2, 0.25) is 0 Å². The molecule has 1 N–H and O–H groups in total. The Morgan fingerprint density at radius 1 is 1.19 bits per heavy atom. The van der Waals surface area contributed by atoms with E-state index in [4.69, 9.17) is 0 Å². The van der Waals surface area contributed by atoms with Crippen LogP contribution in [0.25, 0.3) is 5.65 Å². The first-order valence-corrected chi connectivity index (χ1v) is 9.21. The number of halogens is 1. The Kier molecular flexibility index (Phi) is 4.49. The van der Waals surface area contributed by atoms with Gasteiger partial charge in [0, 0.05) is 24.1 Å². The van der Waals surface area contributed by atoms with Gasteiger partial charge < -0.3 is 5.32 Å². The smallest absolute Gasteiger partial charge is 0.276 e. The molecule has 136 valence electrons. The second kappa shape index (κ2) is 6.96. The predicted molar refractivity (Wildman–Crippen MR) is 106 cm³/mol. The van der Waals surface area contributed by atoms with Gasteiger partial charge in [0.15, 0.2) is 11.3 Å². The maximum Gasteiger partial charge on any atom is 0.276 e. The van der Waals surface area contributed by atoms with Crippen LogP contribution < -0.4 is 5.32 Å². The van der Waals surface area contributed by atoms with Gasteiger partial charge >= 0.3 is 0 Å². The number of carbonyl (C=O) groups excluding carboxylic acids is 1. The summed E-state index contributed by atoms with van der Waals surface area (Å²) < 4.78 is 4.53. The van der Waals surface area contributed by atoms with Crippen LogP contribution in [0.15, 0.2) is 53.3 Å². The summed E-state index contributed by atoms with van der Waals surface area (Å²) in [5.74, 6) is -0.272. The van der Waals surface area contributed by atoms with Crippen molar-refractivity contribution < 1.29 is 4.79 Å². The number of amides is 1. The second-order valence-corrected chi connectivity index (χ2v) is 7.04. The summed E-state index contributed by atoms with van der Waals surface area (Å²) in [4.78, 5) is 16.7. The molecular weight excluding hydrogens is 408 g/mol. The monoisotopic (exact) mass is 424 g/mol. The van der Waals surface area contributed by atoms with E-state index in [1.165, 1.54) is 0 Å². The van der Waals surface area contributed by atoms with Gasteiger partial charge in [-0.15, -0.1) is 0 Å². The first kappa shape index (κ1) is 17.4. The molecule has 7 nitrogen and oxygen atoms in total. The summed E-state index contributed by atoms with van der Waals surface area (Å²) in [5, 5.41) is 11.7. The number of nitrogens with one attached hydrogen (secondary N) is 1. The molecule has 0 saturated carbocycles. The Balaban J connectivity index is 1.53. The average molecular weight is 425 g/mol. The highest BCUT2D eigenvalue weighted by molar-refractivity contribution is 9.10. The van der Waals surface area contributed by atoms with Crippen LogP contribution in [0.1, 0.15) is 27.4 Å². The van der Waals surface area contributed by atoms with Gasteiger partial charge in [-0.2, -0.15) is 10.2 Å². The molecule has 0 bridgehead atoms. The van der Waals surface area contributed by atoms with Crippen molar-refractivity contribution in [2.45, 2.75) is 20.4 Å². The summed E-state index contributed by atoms with van der Waals surface area (Å²) in [6.45, 7) is 4.61. The van der Waals surface area contributed by atoms with Crippen molar-refractivity contribution in [2.24, 2.45) is 0 Å². The lowest BCUT2D eigenvalue weighted by molar-refractivity contribution is 0.102. The van der Waals surface area contributed by atoms with E-state index in [0.717, 1.165) is 21.4 Å². The Morgan fingerprint density at radius 2 is 2.04 bits per heavy atom. The van der Waals surface area contributed by atoms with Gasteiger partial charge in [-0.05, 0) is 53.5 Å². The van der Waals surface area contributed by atoms with E-state index in [2.05, 4.69) is 36.4 Å². The summed E-state index contributed by atoms with van der Waals surface area (Å²) in [6.07, 6.45) is 3.42. The summed E-state index contributed by atoms with van der Waals surface area (Å²) in [5.41, 5.74) is 4.73. The van der Waals surface area contributed by atoms with Crippen LogP contribution in [0, 0.1) is 13.8 Å². The molecule has 0 unspecified atom stereocenters. The third-order valence-electron chi connectivity index (χ3n) is 4.28. The van der Waals surface area contributed by atoms with Gasteiger partial charge in [-0.1, -0.05) is 12.1 Å². The van der Waals surface area contributed by atoms with Crippen molar-refractivity contribution in [2.75, 3.05) is 5.32 Å². The minimum absolute atomic E-state index is 0.272. The van der Waals surface area contributed by atoms with Crippen LogP contribution >= 0.6 is 15.9 Å². The minimum atomic E-state index is -0.272. The van der Waals surface area contributed by atoms with E-state index in [9.17, 15) is 4.79 Å². The van der Waals surface area contributed by atoms with E-state index < -0.39 is 0 Å². The van der Waals surface area contributed by atoms with Gasteiger partial charge in [0.05, 0.1) is 22.4 Å². The number of aromatic nitrogens is 5. The SMILES string of the molecule is Cc1nn(Cc2cccc(NC(=O)c3cc4ncccn4n3)c2)c(C)c1Br. The van der Waals surface area contributed by atoms with Gasteiger partial charge in [-0.25, -0.2) is 9.50 Å². The average Bonchev–Trinajstić information content (AvgIpc) is 3.19. The lowest BCUT2D eigenvalue weighted by atomic mass is 10.2. The zero-order chi connectivity index (χ0) is 19.0. The number of anilines is 1. The zero-order valence-corrected chi connectivity index (χ0v) is 16.4. The molecule has 0 spiro atoms. The molecule has 0 radical (unpaired) electrons. The number of carbonyl (C=O) groups is 1. The zero-order valence-electron chi connectivity index (χ0n) is 14.8. The number of hydrogen-bond donors (Lipinski definition) is 1. The third kappa shape index (κ3) is 3.48. The van der Waals surface area contributed by atoms with Crippen molar-refractivity contribution >= 4 is 33.2 Å². The highest BCUT2D eigenvalue weighted by Gasteiger charge is 2.13. The Hall–Kier alpha value is -3.00. The molecule has 0 aliphatic carbocycles. The van der Waals surface area contributed by atoms with E-state index in [1.54, 1.807) is 29.0 Å². The van der Waals surface area contributed by atoms with Crippen LogP contribution in [0.3, 0.4) is 0 Å². The number of aryl methyl sites for hydroxylation is 1. The van der Waals surface area contributed by atoms with E-state index in [-0.39, 0.29) is 5.91 Å². The lowest BCUT2D eigenvalue weighted by Gasteiger charge is -2.08. The normalized spacial score (nSPS) is 11.1. The van der Waals surface area contributed by atoms with Crippen molar-refractivity contribution in [3.05, 3.63) is 75.9 Å². The Bertz CT molecular complexity index is 1110. The van der Waals surface area contributed by atoms with Crippen LogP contribution in [0.5, 0.6) is 0 Å². The highest BCUT2D eigenvalue weighted by Crippen LogP contribution is 2.21. The molecule has 4 rings (SSSR count). The number of nitrogens with zero attached hydrogens (tertiary/aromatic N) is 5. The Labute approximate surface area is 164 Å². The van der Waals surface area contributed by atoms with Crippen molar-refractivity contribution in [3.63, 3.8) is 0 Å². The molecule has 8 heteroatoms. The molecule has 0 saturated heterocycles.